The monoisotopic (exact) mass is 325 g/mol. The van der Waals surface area contributed by atoms with Crippen molar-refractivity contribution in [3.05, 3.63) is 71.4 Å². The first-order valence-electron chi connectivity index (χ1n) is 7.64. The summed E-state index contributed by atoms with van der Waals surface area (Å²) in [5.74, 6) is -1.02. The Morgan fingerprint density at radius 1 is 1.12 bits per heavy atom. The molecule has 0 aliphatic heterocycles. The molecule has 0 aliphatic rings. The Kier molecular flexibility index (Phi) is 6.14. The van der Waals surface area contributed by atoms with Gasteiger partial charge in [-0.3, -0.25) is 4.79 Å². The Morgan fingerprint density at radius 2 is 1.88 bits per heavy atom. The van der Waals surface area contributed by atoms with Crippen molar-refractivity contribution in [2.45, 2.75) is 13.3 Å². The molecule has 0 saturated carbocycles. The molecule has 0 bridgehead atoms. The summed E-state index contributed by atoms with van der Waals surface area (Å²) in [5.41, 5.74) is 0.829. The van der Waals surface area contributed by atoms with Crippen molar-refractivity contribution >= 4 is 18.0 Å². The summed E-state index contributed by atoms with van der Waals surface area (Å²) >= 11 is 0. The number of carbonyl (C=O) groups excluding carboxylic acids is 1. The molecule has 24 heavy (non-hydrogen) atoms. The maximum atomic E-state index is 12.1. The van der Waals surface area contributed by atoms with Crippen LogP contribution in [0.5, 0.6) is 5.75 Å². The average molecular weight is 325 g/mol. The Labute approximate surface area is 140 Å². The van der Waals surface area contributed by atoms with Crippen LogP contribution in [0.2, 0.25) is 0 Å². The number of amides is 1. The van der Waals surface area contributed by atoms with Gasteiger partial charge >= 0.3 is 5.97 Å². The Bertz CT molecular complexity index is 738. The maximum Gasteiger partial charge on any atom is 0.352 e. The third kappa shape index (κ3) is 4.98. The number of benzene rings is 2. The van der Waals surface area contributed by atoms with E-state index >= 15 is 0 Å². The summed E-state index contributed by atoms with van der Waals surface area (Å²) in [4.78, 5) is 23.5. The molecule has 2 aromatic carbocycles. The second-order valence-electron chi connectivity index (χ2n) is 5.10. The summed E-state index contributed by atoms with van der Waals surface area (Å²) in [6.07, 6.45) is 2.29. The zero-order valence-corrected chi connectivity index (χ0v) is 13.4. The molecule has 2 rings (SSSR count). The van der Waals surface area contributed by atoms with Crippen LogP contribution in [0.4, 0.5) is 0 Å². The summed E-state index contributed by atoms with van der Waals surface area (Å²) < 4.78 is 5.52. The average Bonchev–Trinajstić information content (AvgIpc) is 2.60. The van der Waals surface area contributed by atoms with E-state index in [2.05, 4.69) is 5.32 Å². The summed E-state index contributed by atoms with van der Waals surface area (Å²) in [6.45, 7) is 2.59. The molecular weight excluding hydrogens is 306 g/mol. The third-order valence-corrected chi connectivity index (χ3v) is 3.16. The number of hydrogen-bond acceptors (Lipinski definition) is 3. The van der Waals surface area contributed by atoms with Crippen LogP contribution in [-0.2, 0) is 4.79 Å². The molecule has 5 nitrogen and oxygen atoms in total. The number of rotatable bonds is 7. The van der Waals surface area contributed by atoms with Gasteiger partial charge in [-0.2, -0.15) is 0 Å². The van der Waals surface area contributed by atoms with Crippen molar-refractivity contribution in [3.63, 3.8) is 0 Å². The van der Waals surface area contributed by atoms with Gasteiger partial charge in [0.2, 0.25) is 0 Å². The minimum absolute atomic E-state index is 0.198. The van der Waals surface area contributed by atoms with Crippen molar-refractivity contribution in [1.82, 2.24) is 5.32 Å². The van der Waals surface area contributed by atoms with Crippen molar-refractivity contribution in [2.75, 3.05) is 6.61 Å². The Hall–Kier alpha value is -3.08. The molecular formula is C19H19NO4. The van der Waals surface area contributed by atoms with E-state index in [1.54, 1.807) is 54.6 Å². The first kappa shape index (κ1) is 17.3. The van der Waals surface area contributed by atoms with Crippen molar-refractivity contribution < 1.29 is 19.4 Å². The quantitative estimate of drug-likeness (QED) is 0.766. The molecule has 0 radical (unpaired) electrons. The predicted molar refractivity (Wildman–Crippen MR) is 91.7 cm³/mol. The smallest absolute Gasteiger partial charge is 0.352 e. The number of ether oxygens (including phenoxy) is 1. The number of carboxylic acid groups (broad SMARTS) is 1. The van der Waals surface area contributed by atoms with Crippen molar-refractivity contribution in [1.29, 1.82) is 0 Å². The minimum Gasteiger partial charge on any atom is -0.494 e. The fourth-order valence-corrected chi connectivity index (χ4v) is 2.02. The van der Waals surface area contributed by atoms with Gasteiger partial charge in [-0.25, -0.2) is 4.79 Å². The SMILES string of the molecule is CCCOc1cccc(/C=C(/NC(=O)c2ccccc2)C(=O)O)c1. The minimum atomic E-state index is -1.21. The van der Waals surface area contributed by atoms with Crippen LogP contribution in [0.3, 0.4) is 0 Å². The van der Waals surface area contributed by atoms with Gasteiger partial charge in [0.1, 0.15) is 11.4 Å². The molecule has 0 unspecified atom stereocenters. The van der Waals surface area contributed by atoms with Crippen LogP contribution < -0.4 is 10.1 Å². The van der Waals surface area contributed by atoms with Gasteiger partial charge < -0.3 is 15.2 Å². The van der Waals surface area contributed by atoms with E-state index in [9.17, 15) is 14.7 Å². The fourth-order valence-electron chi connectivity index (χ4n) is 2.02. The lowest BCUT2D eigenvalue weighted by Crippen LogP contribution is -2.27. The molecule has 0 fully saturated rings. The highest BCUT2D eigenvalue weighted by atomic mass is 16.5. The number of nitrogens with one attached hydrogen (secondary N) is 1. The topological polar surface area (TPSA) is 75.6 Å². The van der Waals surface area contributed by atoms with E-state index in [1.165, 1.54) is 6.08 Å². The van der Waals surface area contributed by atoms with Crippen LogP contribution in [0.15, 0.2) is 60.3 Å². The van der Waals surface area contributed by atoms with E-state index in [1.807, 2.05) is 6.92 Å². The molecule has 0 aliphatic carbocycles. The molecule has 0 spiro atoms. The molecule has 0 saturated heterocycles. The molecule has 0 aromatic heterocycles. The van der Waals surface area contributed by atoms with Crippen LogP contribution >= 0.6 is 0 Å². The highest BCUT2D eigenvalue weighted by Gasteiger charge is 2.13. The van der Waals surface area contributed by atoms with Crippen LogP contribution in [-0.4, -0.2) is 23.6 Å². The lowest BCUT2D eigenvalue weighted by Gasteiger charge is -2.08. The molecule has 0 atom stereocenters. The zero-order valence-electron chi connectivity index (χ0n) is 13.4. The van der Waals surface area contributed by atoms with Crippen LogP contribution in [0.25, 0.3) is 6.08 Å². The van der Waals surface area contributed by atoms with Gasteiger partial charge in [-0.05, 0) is 42.3 Å². The summed E-state index contributed by atoms with van der Waals surface area (Å²) in [7, 11) is 0. The molecule has 0 heterocycles. The largest absolute Gasteiger partial charge is 0.494 e. The first-order valence-corrected chi connectivity index (χ1v) is 7.64. The predicted octanol–water partition coefficient (Wildman–Crippen LogP) is 3.33. The van der Waals surface area contributed by atoms with E-state index < -0.39 is 11.9 Å². The second kappa shape index (κ2) is 8.53. The molecule has 1 amide bonds. The standard InChI is InChI=1S/C19H19NO4/c1-2-11-24-16-10-6-7-14(12-16)13-17(19(22)23)20-18(21)15-8-4-3-5-9-15/h3-10,12-13H,2,11H2,1H3,(H,20,21)(H,22,23)/b17-13+. The zero-order chi connectivity index (χ0) is 17.4. The fraction of sp³-hybridized carbons (Fsp3) is 0.158. The van der Waals surface area contributed by atoms with E-state index in [-0.39, 0.29) is 5.70 Å². The number of carboxylic acids is 1. The van der Waals surface area contributed by atoms with Gasteiger partial charge in [0, 0.05) is 5.56 Å². The number of hydrogen-bond donors (Lipinski definition) is 2. The first-order chi connectivity index (χ1) is 11.6. The Balaban J connectivity index is 2.19. The molecule has 2 aromatic rings. The third-order valence-electron chi connectivity index (χ3n) is 3.16. The Morgan fingerprint density at radius 3 is 2.54 bits per heavy atom. The van der Waals surface area contributed by atoms with Crippen molar-refractivity contribution in [3.8, 4) is 5.75 Å². The lowest BCUT2D eigenvalue weighted by molar-refractivity contribution is -0.132. The van der Waals surface area contributed by atoms with Gasteiger partial charge in [-0.15, -0.1) is 0 Å². The van der Waals surface area contributed by atoms with Gasteiger partial charge in [0.25, 0.3) is 5.91 Å². The van der Waals surface area contributed by atoms with Gasteiger partial charge in [0.05, 0.1) is 6.61 Å². The van der Waals surface area contributed by atoms with Crippen LogP contribution in [0, 0.1) is 0 Å². The van der Waals surface area contributed by atoms with E-state index in [4.69, 9.17) is 4.74 Å². The summed E-state index contributed by atoms with van der Waals surface area (Å²) in [6, 6.07) is 15.5. The highest BCUT2D eigenvalue weighted by molar-refractivity contribution is 6.02. The van der Waals surface area contributed by atoms with Gasteiger partial charge in [-0.1, -0.05) is 37.3 Å². The highest BCUT2D eigenvalue weighted by Crippen LogP contribution is 2.16. The van der Waals surface area contributed by atoms with E-state index in [0.717, 1.165) is 6.42 Å². The van der Waals surface area contributed by atoms with Crippen molar-refractivity contribution in [2.24, 2.45) is 0 Å². The van der Waals surface area contributed by atoms with Crippen LogP contribution in [0.1, 0.15) is 29.3 Å². The number of carbonyl (C=O) groups is 2. The molecule has 124 valence electrons. The summed E-state index contributed by atoms with van der Waals surface area (Å²) in [5, 5.41) is 11.8. The molecule has 5 heteroatoms. The van der Waals surface area contributed by atoms with Gasteiger partial charge in [0.15, 0.2) is 0 Å². The number of aliphatic carboxylic acids is 1. The lowest BCUT2D eigenvalue weighted by atomic mass is 10.1. The maximum absolute atomic E-state index is 12.1. The second-order valence-corrected chi connectivity index (χ2v) is 5.10. The molecule has 2 N–H and O–H groups in total. The normalized spacial score (nSPS) is 11.0. The van der Waals surface area contributed by atoms with E-state index in [0.29, 0.717) is 23.5 Å².